The van der Waals surface area contributed by atoms with E-state index in [9.17, 15) is 36.7 Å². The Labute approximate surface area is 250 Å². The van der Waals surface area contributed by atoms with Crippen LogP contribution >= 0.6 is 0 Å². The number of pyridine rings is 1. The van der Waals surface area contributed by atoms with E-state index in [0.29, 0.717) is 17.5 Å². The van der Waals surface area contributed by atoms with Crippen LogP contribution in [0.3, 0.4) is 0 Å². The summed E-state index contributed by atoms with van der Waals surface area (Å²) >= 11 is 0. The zero-order valence-corrected chi connectivity index (χ0v) is 23.9. The number of aromatic nitrogens is 1. The maximum absolute atomic E-state index is 14.0. The first kappa shape index (κ1) is 32.4. The second kappa shape index (κ2) is 14.8. The van der Waals surface area contributed by atoms with E-state index in [1.54, 1.807) is 23.2 Å². The maximum Gasteiger partial charge on any atom is 0.308 e. The molecule has 1 N–H and O–H groups in total. The van der Waals surface area contributed by atoms with Gasteiger partial charge in [0.05, 0.1) is 13.0 Å². The number of ketones is 1. The Bertz CT molecular complexity index is 1510. The number of nitrogens with zero attached hydrogens (tertiary/aromatic N) is 2. The van der Waals surface area contributed by atoms with Crippen molar-refractivity contribution in [1.29, 1.82) is 0 Å². The highest BCUT2D eigenvalue weighted by atomic mass is 19.2. The lowest BCUT2D eigenvalue weighted by Crippen LogP contribution is -2.49. The van der Waals surface area contributed by atoms with Crippen LogP contribution in [0.4, 0.5) is 17.6 Å². The van der Waals surface area contributed by atoms with E-state index < -0.39 is 71.7 Å². The van der Waals surface area contributed by atoms with E-state index >= 15 is 0 Å². The van der Waals surface area contributed by atoms with E-state index in [4.69, 9.17) is 9.47 Å². The number of nitrogens with one attached hydrogen (secondary N) is 1. The number of esters is 1. The fourth-order valence-electron chi connectivity index (χ4n) is 4.80. The van der Waals surface area contributed by atoms with Crippen molar-refractivity contribution in [2.45, 2.75) is 45.1 Å². The van der Waals surface area contributed by atoms with Crippen molar-refractivity contribution in [3.63, 3.8) is 0 Å². The topological polar surface area (TPSA) is 115 Å². The summed E-state index contributed by atoms with van der Waals surface area (Å²) in [4.78, 5) is 57.5. The lowest BCUT2D eigenvalue weighted by Gasteiger charge is -2.32. The van der Waals surface area contributed by atoms with Gasteiger partial charge in [-0.25, -0.2) is 8.78 Å². The van der Waals surface area contributed by atoms with Gasteiger partial charge in [0.1, 0.15) is 18.3 Å². The van der Waals surface area contributed by atoms with Crippen LogP contribution in [0.5, 0.6) is 5.75 Å². The molecule has 0 aliphatic carbocycles. The molecular formula is C31H31F4N3O6. The summed E-state index contributed by atoms with van der Waals surface area (Å²) in [5.41, 5.74) is 0.296. The first-order valence-electron chi connectivity index (χ1n) is 14.2. The van der Waals surface area contributed by atoms with Gasteiger partial charge in [0.15, 0.2) is 23.2 Å². The van der Waals surface area contributed by atoms with Crippen molar-refractivity contribution in [3.05, 3.63) is 71.6 Å². The molecule has 0 saturated carbocycles. The highest BCUT2D eigenvalue weighted by molar-refractivity contribution is 6.05. The summed E-state index contributed by atoms with van der Waals surface area (Å²) < 4.78 is 65.0. The van der Waals surface area contributed by atoms with Gasteiger partial charge in [-0.05, 0) is 30.7 Å². The quantitative estimate of drug-likeness (QED) is 0.138. The van der Waals surface area contributed by atoms with Gasteiger partial charge in [0.25, 0.3) is 5.91 Å². The molecule has 13 heteroatoms. The summed E-state index contributed by atoms with van der Waals surface area (Å²) in [6.45, 7) is 1.31. The zero-order valence-electron chi connectivity index (χ0n) is 23.9. The smallest absolute Gasteiger partial charge is 0.308 e. The van der Waals surface area contributed by atoms with E-state index in [1.165, 1.54) is 0 Å². The molecule has 44 heavy (non-hydrogen) atoms. The Morgan fingerprint density at radius 1 is 1.02 bits per heavy atom. The Morgan fingerprint density at radius 2 is 1.70 bits per heavy atom. The van der Waals surface area contributed by atoms with Crippen LogP contribution in [0.2, 0.25) is 0 Å². The van der Waals surface area contributed by atoms with Gasteiger partial charge >= 0.3 is 5.97 Å². The molecule has 0 spiro atoms. The lowest BCUT2D eigenvalue weighted by atomic mass is 9.94. The normalized spacial score (nSPS) is 14.2. The molecule has 1 fully saturated rings. The summed E-state index contributed by atoms with van der Waals surface area (Å²) in [6, 6.07) is 7.62. The molecular weight excluding hydrogens is 586 g/mol. The number of ether oxygens (including phenoxy) is 2. The Morgan fingerprint density at radius 3 is 2.39 bits per heavy atom. The largest absolute Gasteiger partial charge is 0.479 e. The monoisotopic (exact) mass is 617 g/mol. The fraction of sp³-hybridized carbons (Fsp3) is 0.387. The number of piperidine rings is 1. The molecule has 1 aliphatic heterocycles. The Balaban J connectivity index is 1.40. The number of unbranched alkanes of at least 4 members (excludes halogenated alkanes) is 1. The third-order valence-electron chi connectivity index (χ3n) is 7.30. The molecule has 1 aliphatic rings. The van der Waals surface area contributed by atoms with Crippen LogP contribution in [-0.2, 0) is 19.1 Å². The summed E-state index contributed by atoms with van der Waals surface area (Å²) in [5.74, 6) is -11.9. The second-order valence-electron chi connectivity index (χ2n) is 10.3. The third-order valence-corrected chi connectivity index (χ3v) is 7.30. The first-order valence-corrected chi connectivity index (χ1v) is 14.2. The predicted octanol–water partition coefficient (Wildman–Crippen LogP) is 4.51. The van der Waals surface area contributed by atoms with E-state index in [2.05, 4.69) is 10.3 Å². The van der Waals surface area contributed by atoms with Crippen LogP contribution in [0.15, 0.2) is 42.6 Å². The Hall–Kier alpha value is -4.55. The van der Waals surface area contributed by atoms with E-state index in [0.717, 1.165) is 11.8 Å². The minimum absolute atomic E-state index is 0.00782. The van der Waals surface area contributed by atoms with Crippen molar-refractivity contribution in [2.24, 2.45) is 5.92 Å². The van der Waals surface area contributed by atoms with Gasteiger partial charge in [-0.3, -0.25) is 24.2 Å². The molecule has 1 aromatic heterocycles. The third kappa shape index (κ3) is 7.69. The number of carbonyl (C=O) groups excluding carboxylic acids is 4. The number of amides is 2. The molecule has 1 saturated heterocycles. The number of likely N-dealkylation sites (tertiary alicyclic amines) is 1. The first-order chi connectivity index (χ1) is 21.1. The highest BCUT2D eigenvalue weighted by Crippen LogP contribution is 2.27. The van der Waals surface area contributed by atoms with Gasteiger partial charge in [0.2, 0.25) is 17.5 Å². The number of benzene rings is 2. The zero-order chi connectivity index (χ0) is 31.8. The number of hydrogen-bond donors (Lipinski definition) is 1. The van der Waals surface area contributed by atoms with Gasteiger partial charge in [-0.1, -0.05) is 37.6 Å². The molecule has 0 unspecified atom stereocenters. The summed E-state index contributed by atoms with van der Waals surface area (Å²) in [6.07, 6.45) is 2.75. The molecule has 234 valence electrons. The van der Waals surface area contributed by atoms with Crippen LogP contribution in [0.1, 0.15) is 49.5 Å². The average Bonchev–Trinajstić information content (AvgIpc) is 3.03. The number of hydrogen-bond acceptors (Lipinski definition) is 7. The number of carbonyl (C=O) groups is 4. The van der Waals surface area contributed by atoms with Crippen LogP contribution in [-0.4, -0.2) is 65.8 Å². The molecule has 0 radical (unpaired) electrons. The van der Waals surface area contributed by atoms with Crippen molar-refractivity contribution in [1.82, 2.24) is 15.2 Å². The number of rotatable bonds is 12. The Kier molecular flexibility index (Phi) is 10.9. The molecule has 9 nitrogen and oxygen atoms in total. The van der Waals surface area contributed by atoms with E-state index in [-0.39, 0.29) is 44.5 Å². The van der Waals surface area contributed by atoms with Crippen molar-refractivity contribution in [3.8, 4) is 5.75 Å². The number of Topliss-reactive ketones (excluding diaryl/α,β-unsaturated/α-hetero) is 1. The average molecular weight is 618 g/mol. The van der Waals surface area contributed by atoms with Crippen LogP contribution < -0.4 is 10.1 Å². The minimum Gasteiger partial charge on any atom is -0.479 e. The van der Waals surface area contributed by atoms with Gasteiger partial charge < -0.3 is 19.7 Å². The predicted molar refractivity (Wildman–Crippen MR) is 150 cm³/mol. The lowest BCUT2D eigenvalue weighted by molar-refractivity contribution is -0.146. The standard InChI is InChI=1S/C31H31F4N3O6/c1-2-3-14-43-25(40)16-23(24(39)17-44-29-26(34)21(32)15-22(33)27(29)35)37-30(41)19-9-12-38(13-10-19)31(42)28-20-7-5-4-6-18(20)8-11-36-28/h4-8,11,15,19,23H,2-3,9-10,12-14,16-17H2,1H3,(H,37,41)/t23-/m0/s1. The molecule has 3 aromatic rings. The van der Waals surface area contributed by atoms with Gasteiger partial charge in [0, 0.05) is 36.7 Å². The molecule has 2 amide bonds. The molecule has 0 bridgehead atoms. The summed E-state index contributed by atoms with van der Waals surface area (Å²) in [5, 5.41) is 4.04. The molecule has 2 aromatic carbocycles. The van der Waals surface area contributed by atoms with Gasteiger partial charge in [-0.2, -0.15) is 8.78 Å². The van der Waals surface area contributed by atoms with Crippen molar-refractivity contribution < 1.29 is 46.2 Å². The second-order valence-corrected chi connectivity index (χ2v) is 10.3. The maximum atomic E-state index is 14.0. The van der Waals surface area contributed by atoms with Crippen molar-refractivity contribution >= 4 is 34.3 Å². The van der Waals surface area contributed by atoms with E-state index in [1.807, 2.05) is 25.1 Å². The number of fused-ring (bicyclic) bond motifs is 1. The molecule has 4 rings (SSSR count). The molecule has 2 heterocycles. The number of halogens is 4. The molecule has 1 atom stereocenters. The van der Waals surface area contributed by atoms with Gasteiger partial charge in [-0.15, -0.1) is 0 Å². The SMILES string of the molecule is CCCCOC(=O)C[C@H](NC(=O)C1CCN(C(=O)c2nccc3ccccc23)CC1)C(=O)COc1c(F)c(F)cc(F)c1F. The fourth-order valence-corrected chi connectivity index (χ4v) is 4.80. The van der Waals surface area contributed by atoms with Crippen molar-refractivity contribution in [2.75, 3.05) is 26.3 Å². The highest BCUT2D eigenvalue weighted by Gasteiger charge is 2.33. The van der Waals surface area contributed by atoms with Crippen LogP contribution in [0, 0.1) is 29.2 Å². The minimum atomic E-state index is -1.84. The summed E-state index contributed by atoms with van der Waals surface area (Å²) in [7, 11) is 0. The van der Waals surface area contributed by atoms with Crippen LogP contribution in [0.25, 0.3) is 10.8 Å².